The lowest BCUT2D eigenvalue weighted by Gasteiger charge is -2.20. The first-order chi connectivity index (χ1) is 7.73. The molecule has 17 heavy (non-hydrogen) atoms. The second-order valence-electron chi connectivity index (χ2n) is 4.69. The third-order valence-electron chi connectivity index (χ3n) is 1.98. The molecule has 0 radical (unpaired) electrons. The molecule has 0 aromatic rings. The van der Waals surface area contributed by atoms with Crippen LogP contribution in [0.1, 0.15) is 34.6 Å². The van der Waals surface area contributed by atoms with Crippen LogP contribution >= 0.6 is 9.24 Å². The van der Waals surface area contributed by atoms with Gasteiger partial charge in [0.05, 0.1) is 0 Å². The highest BCUT2D eigenvalue weighted by molar-refractivity contribution is 7.19. The molecule has 0 spiro atoms. The first kappa shape index (κ1) is 16.3. The van der Waals surface area contributed by atoms with Gasteiger partial charge in [0.25, 0.3) is 0 Å². The molecular weight excluding hydrogens is 237 g/mol. The molecule has 0 heterocycles. The maximum atomic E-state index is 11.7. The fourth-order valence-electron chi connectivity index (χ4n) is 1.21. The second-order valence-corrected chi connectivity index (χ2v) is 5.36. The minimum atomic E-state index is -0.526. The Balaban J connectivity index is 4.15. The van der Waals surface area contributed by atoms with Gasteiger partial charge in [-0.25, -0.2) is 0 Å². The van der Waals surface area contributed by atoms with Crippen LogP contribution in [0.2, 0.25) is 0 Å². The Hall–Kier alpha value is -0.670. The number of hydrogen-bond donors (Lipinski definition) is 3. The minimum Gasteiger partial charge on any atom is -0.352 e. The van der Waals surface area contributed by atoms with Crippen molar-refractivity contribution in [2.24, 2.45) is 0 Å². The fraction of sp³-hybridized carbons (Fsp3) is 0.818. The van der Waals surface area contributed by atoms with Gasteiger partial charge in [0.15, 0.2) is 0 Å². The number of carbonyl (C=O) groups is 2. The normalized spacial score (nSPS) is 14.6. The first-order valence-corrected chi connectivity index (χ1v) is 6.53. The number of rotatable bonds is 6. The maximum absolute atomic E-state index is 11.7. The Labute approximate surface area is 106 Å². The molecule has 3 N–H and O–H groups in total. The topological polar surface area (TPSA) is 70.2 Å². The summed E-state index contributed by atoms with van der Waals surface area (Å²) < 4.78 is 0. The quantitative estimate of drug-likeness (QED) is 0.599. The molecule has 1 unspecified atom stereocenters. The van der Waals surface area contributed by atoms with Gasteiger partial charge >= 0.3 is 0 Å². The highest BCUT2D eigenvalue weighted by Gasteiger charge is 2.20. The van der Waals surface area contributed by atoms with Crippen molar-refractivity contribution in [3.63, 3.8) is 0 Å². The maximum Gasteiger partial charge on any atom is 0.242 e. The molecule has 0 aliphatic carbocycles. The van der Waals surface area contributed by atoms with E-state index in [9.17, 15) is 9.59 Å². The average Bonchev–Trinajstić information content (AvgIpc) is 2.15. The van der Waals surface area contributed by atoms with Gasteiger partial charge in [-0.1, -0.05) is 0 Å². The SMILES string of the molecule is CC(C)NC(=O)[C@@H](C)NC(=O)[C@@H](P)NC(C)C. The summed E-state index contributed by atoms with van der Waals surface area (Å²) >= 11 is 0. The van der Waals surface area contributed by atoms with Gasteiger partial charge in [0, 0.05) is 12.1 Å². The van der Waals surface area contributed by atoms with E-state index in [1.54, 1.807) is 6.92 Å². The molecule has 0 aliphatic heterocycles. The molecule has 100 valence electrons. The highest BCUT2D eigenvalue weighted by Crippen LogP contribution is 1.98. The molecule has 2 amide bonds. The molecule has 0 fully saturated rings. The molecule has 6 heteroatoms. The Kier molecular flexibility index (Phi) is 7.32. The summed E-state index contributed by atoms with van der Waals surface area (Å²) in [6, 6.07) is -0.243. The molecule has 5 nitrogen and oxygen atoms in total. The summed E-state index contributed by atoms with van der Waals surface area (Å²) in [5, 5.41) is 8.45. The van der Waals surface area contributed by atoms with Crippen LogP contribution in [-0.2, 0) is 9.59 Å². The molecule has 0 bridgehead atoms. The number of carbonyl (C=O) groups excluding carboxylic acids is 2. The van der Waals surface area contributed by atoms with Gasteiger partial charge in [0.2, 0.25) is 11.8 Å². The van der Waals surface area contributed by atoms with Crippen LogP contribution in [0.4, 0.5) is 0 Å². The van der Waals surface area contributed by atoms with Crippen LogP contribution in [-0.4, -0.2) is 35.7 Å². The molecule has 0 aliphatic rings. The molecular formula is C11H24N3O2P. The van der Waals surface area contributed by atoms with Crippen molar-refractivity contribution in [1.29, 1.82) is 0 Å². The lowest BCUT2D eigenvalue weighted by molar-refractivity contribution is -0.128. The van der Waals surface area contributed by atoms with Gasteiger partial charge in [-0.3, -0.25) is 9.59 Å². The summed E-state index contributed by atoms with van der Waals surface area (Å²) in [5.41, 5.74) is 0. The monoisotopic (exact) mass is 261 g/mol. The van der Waals surface area contributed by atoms with Crippen molar-refractivity contribution in [2.45, 2.75) is 58.5 Å². The Morgan fingerprint density at radius 1 is 0.882 bits per heavy atom. The zero-order chi connectivity index (χ0) is 13.6. The van der Waals surface area contributed by atoms with E-state index in [-0.39, 0.29) is 29.7 Å². The van der Waals surface area contributed by atoms with Gasteiger partial charge in [-0.05, 0) is 34.6 Å². The van der Waals surface area contributed by atoms with Crippen molar-refractivity contribution in [3.05, 3.63) is 0 Å². The van der Waals surface area contributed by atoms with E-state index < -0.39 is 6.04 Å². The summed E-state index contributed by atoms with van der Waals surface area (Å²) in [4.78, 5) is 23.3. The van der Waals surface area contributed by atoms with E-state index in [0.717, 1.165) is 0 Å². The van der Waals surface area contributed by atoms with E-state index in [0.29, 0.717) is 0 Å². The van der Waals surface area contributed by atoms with E-state index in [2.05, 4.69) is 25.2 Å². The summed E-state index contributed by atoms with van der Waals surface area (Å²) in [6.45, 7) is 9.34. The summed E-state index contributed by atoms with van der Waals surface area (Å²) in [7, 11) is 2.42. The zero-order valence-corrected chi connectivity index (χ0v) is 12.4. The summed E-state index contributed by atoms with van der Waals surface area (Å²) in [6.07, 6.45) is 0. The molecule has 0 aromatic heterocycles. The number of nitrogens with one attached hydrogen (secondary N) is 3. The fourth-order valence-corrected chi connectivity index (χ4v) is 1.69. The standard InChI is InChI=1S/C11H24N3O2P/c1-6(2)12-9(15)8(5)14-10(16)11(17)13-7(3)4/h6-8,11,13H,17H2,1-5H3,(H,12,15)(H,14,16)/t8-,11-/m1/s1. The predicted octanol–water partition coefficient (Wildman–Crippen LogP) is 0.215. The first-order valence-electron chi connectivity index (χ1n) is 5.86. The van der Waals surface area contributed by atoms with E-state index in [1.165, 1.54) is 0 Å². The van der Waals surface area contributed by atoms with Crippen LogP contribution in [0.25, 0.3) is 0 Å². The van der Waals surface area contributed by atoms with Gasteiger partial charge < -0.3 is 16.0 Å². The molecule has 3 atom stereocenters. The molecule has 0 rings (SSSR count). The van der Waals surface area contributed by atoms with Crippen LogP contribution < -0.4 is 16.0 Å². The Morgan fingerprint density at radius 2 is 1.41 bits per heavy atom. The second kappa shape index (κ2) is 7.62. The van der Waals surface area contributed by atoms with Crippen molar-refractivity contribution in [2.75, 3.05) is 0 Å². The van der Waals surface area contributed by atoms with Crippen LogP contribution in [0.15, 0.2) is 0 Å². The van der Waals surface area contributed by atoms with Crippen LogP contribution in [0, 0.1) is 0 Å². The average molecular weight is 261 g/mol. The molecule has 0 saturated carbocycles. The third kappa shape index (κ3) is 7.29. The van der Waals surface area contributed by atoms with Crippen molar-refractivity contribution in [1.82, 2.24) is 16.0 Å². The van der Waals surface area contributed by atoms with Crippen molar-refractivity contribution < 1.29 is 9.59 Å². The molecule has 0 saturated heterocycles. The van der Waals surface area contributed by atoms with Crippen molar-refractivity contribution >= 4 is 21.1 Å². The smallest absolute Gasteiger partial charge is 0.242 e. The van der Waals surface area contributed by atoms with Crippen LogP contribution in [0.5, 0.6) is 0 Å². The predicted molar refractivity (Wildman–Crippen MR) is 72.7 cm³/mol. The largest absolute Gasteiger partial charge is 0.352 e. The van der Waals surface area contributed by atoms with E-state index >= 15 is 0 Å². The molecule has 0 aromatic carbocycles. The highest BCUT2D eigenvalue weighted by atomic mass is 31.0. The lowest BCUT2D eigenvalue weighted by atomic mass is 10.2. The Morgan fingerprint density at radius 3 is 1.82 bits per heavy atom. The Bertz CT molecular complexity index is 269. The summed E-state index contributed by atoms with van der Waals surface area (Å²) in [5.74, 6) is -0.755. The van der Waals surface area contributed by atoms with Gasteiger partial charge in [-0.15, -0.1) is 9.24 Å². The number of hydrogen-bond acceptors (Lipinski definition) is 3. The minimum absolute atomic E-state index is 0.0717. The van der Waals surface area contributed by atoms with Crippen LogP contribution in [0.3, 0.4) is 0 Å². The third-order valence-corrected chi connectivity index (χ3v) is 2.47. The zero-order valence-electron chi connectivity index (χ0n) is 11.2. The van der Waals surface area contributed by atoms with Gasteiger partial charge in [0.1, 0.15) is 11.8 Å². The van der Waals surface area contributed by atoms with Crippen molar-refractivity contribution in [3.8, 4) is 0 Å². The van der Waals surface area contributed by atoms with E-state index in [4.69, 9.17) is 0 Å². The van der Waals surface area contributed by atoms with E-state index in [1.807, 2.05) is 27.7 Å². The van der Waals surface area contributed by atoms with Gasteiger partial charge in [-0.2, -0.15) is 0 Å². The lowest BCUT2D eigenvalue weighted by Crippen LogP contribution is -2.51. The number of amides is 2.